The maximum Gasteiger partial charge on any atom is 0.240 e. The highest BCUT2D eigenvalue weighted by molar-refractivity contribution is 7.89. The molecule has 5 rings (SSSR count). The first-order valence-electron chi connectivity index (χ1n) is 9.60. The van der Waals surface area contributed by atoms with Crippen molar-refractivity contribution >= 4 is 66.7 Å². The van der Waals surface area contributed by atoms with Gasteiger partial charge in [-0.25, -0.2) is 18.1 Å². The quantitative estimate of drug-likeness (QED) is 0.349. The molecule has 2 heterocycles. The Morgan fingerprint density at radius 3 is 2.56 bits per heavy atom. The van der Waals surface area contributed by atoms with Crippen molar-refractivity contribution in [3.05, 3.63) is 83.5 Å². The van der Waals surface area contributed by atoms with Crippen LogP contribution in [0.3, 0.4) is 0 Å². The van der Waals surface area contributed by atoms with Gasteiger partial charge in [-0.1, -0.05) is 23.7 Å². The molecule has 0 saturated carbocycles. The lowest BCUT2D eigenvalue weighted by atomic mass is 10.1. The number of sulfonamides is 1. The highest BCUT2D eigenvalue weighted by Crippen LogP contribution is 2.27. The third kappa shape index (κ3) is 4.28. The summed E-state index contributed by atoms with van der Waals surface area (Å²) in [6.45, 7) is 0.163. The van der Waals surface area contributed by atoms with E-state index in [1.165, 1.54) is 0 Å². The van der Waals surface area contributed by atoms with Crippen LogP contribution >= 0.6 is 23.3 Å². The Morgan fingerprint density at radius 1 is 0.906 bits per heavy atom. The molecule has 2 aromatic heterocycles. The first kappa shape index (κ1) is 20.8. The van der Waals surface area contributed by atoms with Crippen LogP contribution in [0.4, 0.5) is 11.5 Å². The smallest absolute Gasteiger partial charge is 0.240 e. The third-order valence-electron chi connectivity index (χ3n) is 4.94. The van der Waals surface area contributed by atoms with Crippen LogP contribution in [0.5, 0.6) is 0 Å². The third-order valence-corrected chi connectivity index (χ3v) is 7.15. The zero-order chi connectivity index (χ0) is 22.1. The summed E-state index contributed by atoms with van der Waals surface area (Å²) in [5, 5.41) is 5.73. The topological polar surface area (TPSA) is 96.9 Å². The molecular weight excluding hydrogens is 466 g/mol. The van der Waals surface area contributed by atoms with E-state index in [9.17, 15) is 8.42 Å². The van der Waals surface area contributed by atoms with Crippen LogP contribution in [0.2, 0.25) is 5.02 Å². The lowest BCUT2D eigenvalue weighted by molar-refractivity contribution is 0.581. The van der Waals surface area contributed by atoms with Crippen LogP contribution in [0.25, 0.3) is 21.8 Å². The molecule has 0 bridgehead atoms. The molecule has 0 amide bonds. The summed E-state index contributed by atoms with van der Waals surface area (Å²) in [4.78, 5) is 4.56. The van der Waals surface area contributed by atoms with Gasteiger partial charge in [0, 0.05) is 28.8 Å². The maximum atomic E-state index is 12.7. The van der Waals surface area contributed by atoms with E-state index in [-0.39, 0.29) is 11.4 Å². The van der Waals surface area contributed by atoms with Crippen LogP contribution in [0, 0.1) is 0 Å². The van der Waals surface area contributed by atoms with E-state index >= 15 is 0 Å². The molecule has 0 radical (unpaired) electrons. The SMILES string of the molecule is O=S(=O)(NCc1ccc2nsnc2c1)c1ccc(Nc2nccc3ccc(Cl)cc23)cc1. The fourth-order valence-electron chi connectivity index (χ4n) is 3.29. The van der Waals surface area contributed by atoms with E-state index in [1.54, 1.807) is 30.5 Å². The van der Waals surface area contributed by atoms with E-state index in [0.717, 1.165) is 39.1 Å². The van der Waals surface area contributed by atoms with E-state index < -0.39 is 10.0 Å². The van der Waals surface area contributed by atoms with Gasteiger partial charge in [0.2, 0.25) is 10.0 Å². The summed E-state index contributed by atoms with van der Waals surface area (Å²) in [6, 6.07) is 19.5. The number of rotatable bonds is 6. The molecule has 3 aromatic carbocycles. The Kier molecular flexibility index (Phi) is 5.48. The number of aromatic nitrogens is 3. The lowest BCUT2D eigenvalue weighted by Crippen LogP contribution is -2.23. The Morgan fingerprint density at radius 2 is 1.72 bits per heavy atom. The number of fused-ring (bicyclic) bond motifs is 2. The second-order valence-electron chi connectivity index (χ2n) is 7.09. The molecule has 0 fully saturated rings. The van der Waals surface area contributed by atoms with Crippen molar-refractivity contribution in [2.75, 3.05) is 5.32 Å². The summed E-state index contributed by atoms with van der Waals surface area (Å²) in [6.07, 6.45) is 1.71. The molecule has 0 spiro atoms. The van der Waals surface area contributed by atoms with Crippen LogP contribution in [-0.4, -0.2) is 22.1 Å². The molecular formula is C22H16ClN5O2S2. The van der Waals surface area contributed by atoms with Gasteiger partial charge >= 0.3 is 0 Å². The van der Waals surface area contributed by atoms with Crippen molar-refractivity contribution in [1.29, 1.82) is 0 Å². The van der Waals surface area contributed by atoms with Crippen molar-refractivity contribution in [2.24, 2.45) is 0 Å². The van der Waals surface area contributed by atoms with Crippen molar-refractivity contribution in [1.82, 2.24) is 18.5 Å². The monoisotopic (exact) mass is 481 g/mol. The molecule has 0 aliphatic carbocycles. The van der Waals surface area contributed by atoms with Crippen LogP contribution < -0.4 is 10.0 Å². The normalized spacial score (nSPS) is 11.8. The average molecular weight is 482 g/mol. The largest absolute Gasteiger partial charge is 0.340 e. The maximum absolute atomic E-state index is 12.7. The van der Waals surface area contributed by atoms with Gasteiger partial charge in [0.05, 0.1) is 16.6 Å². The Bertz CT molecular complexity index is 1540. The van der Waals surface area contributed by atoms with Crippen LogP contribution in [0.1, 0.15) is 5.56 Å². The van der Waals surface area contributed by atoms with Crippen molar-refractivity contribution in [2.45, 2.75) is 11.4 Å². The van der Waals surface area contributed by atoms with Crippen molar-refractivity contribution < 1.29 is 8.42 Å². The summed E-state index contributed by atoms with van der Waals surface area (Å²) in [5.74, 6) is 0.644. The molecule has 0 aliphatic heterocycles. The molecule has 2 N–H and O–H groups in total. The highest BCUT2D eigenvalue weighted by atomic mass is 35.5. The molecule has 7 nitrogen and oxygen atoms in total. The van der Waals surface area contributed by atoms with Gasteiger partial charge in [0.25, 0.3) is 0 Å². The van der Waals surface area contributed by atoms with E-state index in [0.29, 0.717) is 16.5 Å². The van der Waals surface area contributed by atoms with Crippen molar-refractivity contribution in [3.8, 4) is 0 Å². The lowest BCUT2D eigenvalue weighted by Gasteiger charge is -2.11. The molecule has 32 heavy (non-hydrogen) atoms. The van der Waals surface area contributed by atoms with Gasteiger partial charge in [-0.05, 0) is 65.5 Å². The molecule has 160 valence electrons. The number of pyridine rings is 1. The number of hydrogen-bond donors (Lipinski definition) is 2. The van der Waals surface area contributed by atoms with E-state index in [2.05, 4.69) is 23.8 Å². The number of halogens is 1. The van der Waals surface area contributed by atoms with Gasteiger partial charge in [-0.3, -0.25) is 0 Å². The number of nitrogens with one attached hydrogen (secondary N) is 2. The molecule has 10 heteroatoms. The summed E-state index contributed by atoms with van der Waals surface area (Å²) in [5.41, 5.74) is 3.08. The first-order chi connectivity index (χ1) is 15.5. The molecule has 0 aliphatic rings. The number of nitrogens with zero attached hydrogens (tertiary/aromatic N) is 3. The number of benzene rings is 3. The van der Waals surface area contributed by atoms with Gasteiger partial charge in [0.15, 0.2) is 0 Å². The second-order valence-corrected chi connectivity index (χ2v) is 9.82. The highest BCUT2D eigenvalue weighted by Gasteiger charge is 2.14. The number of hydrogen-bond acceptors (Lipinski definition) is 7. The van der Waals surface area contributed by atoms with E-state index in [4.69, 9.17) is 11.6 Å². The minimum Gasteiger partial charge on any atom is -0.340 e. The van der Waals surface area contributed by atoms with Gasteiger partial charge < -0.3 is 5.32 Å². The zero-order valence-electron chi connectivity index (χ0n) is 16.5. The van der Waals surface area contributed by atoms with Gasteiger partial charge in [-0.15, -0.1) is 0 Å². The summed E-state index contributed by atoms with van der Waals surface area (Å²) in [7, 11) is -3.67. The fourth-order valence-corrected chi connectivity index (χ4v) is 5.00. The fraction of sp³-hybridized carbons (Fsp3) is 0.0455. The molecule has 0 saturated heterocycles. The summed E-state index contributed by atoms with van der Waals surface area (Å²) < 4.78 is 36.4. The Hall–Kier alpha value is -3.11. The molecule has 0 atom stereocenters. The Balaban J connectivity index is 1.32. The van der Waals surface area contributed by atoms with E-state index in [1.807, 2.05) is 42.5 Å². The average Bonchev–Trinajstić information content (AvgIpc) is 3.27. The standard InChI is InChI=1S/C22H16ClN5O2S2/c23-16-3-2-15-9-10-24-22(19(15)12-16)26-17-4-6-18(7-5-17)32(29,30)25-13-14-1-8-20-21(11-14)28-31-27-20/h1-12,25H,13H2,(H,24,26). The minimum absolute atomic E-state index is 0.163. The van der Waals surface area contributed by atoms with Gasteiger partial charge in [0.1, 0.15) is 16.9 Å². The minimum atomic E-state index is -3.67. The zero-order valence-corrected chi connectivity index (χ0v) is 18.9. The predicted molar refractivity (Wildman–Crippen MR) is 128 cm³/mol. The van der Waals surface area contributed by atoms with Gasteiger partial charge in [-0.2, -0.15) is 8.75 Å². The van der Waals surface area contributed by atoms with Crippen LogP contribution in [0.15, 0.2) is 77.8 Å². The first-order valence-corrected chi connectivity index (χ1v) is 12.2. The second kappa shape index (κ2) is 8.44. The van der Waals surface area contributed by atoms with Crippen molar-refractivity contribution in [3.63, 3.8) is 0 Å². The molecule has 0 unspecified atom stereocenters. The van der Waals surface area contributed by atoms with Crippen LogP contribution in [-0.2, 0) is 16.6 Å². The molecule has 5 aromatic rings. The predicted octanol–water partition coefficient (Wildman–Crippen LogP) is 5.12. The Labute approximate surface area is 193 Å². The summed E-state index contributed by atoms with van der Waals surface area (Å²) >= 11 is 7.26. The number of anilines is 2.